The molecule has 4 rings (SSSR count). The number of hydrogen-bond acceptors (Lipinski definition) is 4. The molecule has 6 nitrogen and oxygen atoms in total. The number of likely N-dealkylation sites (tertiary alicyclic amines) is 1. The topological polar surface area (TPSA) is 74.3 Å². The van der Waals surface area contributed by atoms with Crippen LogP contribution in [0, 0.1) is 12.8 Å². The smallest absolute Gasteiger partial charge is 0.253 e. The van der Waals surface area contributed by atoms with E-state index in [2.05, 4.69) is 51.7 Å². The minimum absolute atomic E-state index is 0.0311. The zero-order valence-electron chi connectivity index (χ0n) is 19.0. The summed E-state index contributed by atoms with van der Waals surface area (Å²) in [6.45, 7) is 5.03. The molecule has 2 N–H and O–H groups in total. The van der Waals surface area contributed by atoms with E-state index in [0.29, 0.717) is 17.8 Å². The van der Waals surface area contributed by atoms with Crippen LogP contribution in [0.5, 0.6) is 0 Å². The zero-order chi connectivity index (χ0) is 23.0. The van der Waals surface area contributed by atoms with Crippen molar-refractivity contribution in [2.45, 2.75) is 32.9 Å². The average Bonchev–Trinajstić information content (AvgIpc) is 2.84. The summed E-state index contributed by atoms with van der Waals surface area (Å²) in [6.07, 6.45) is 5.26. The number of carbonyl (C=O) groups excluding carboxylic acids is 2. The Labute approximate surface area is 195 Å². The summed E-state index contributed by atoms with van der Waals surface area (Å²) < 4.78 is 0. The van der Waals surface area contributed by atoms with Crippen LogP contribution in [0.4, 0.5) is 5.69 Å². The maximum absolute atomic E-state index is 13.1. The van der Waals surface area contributed by atoms with E-state index in [1.807, 2.05) is 18.2 Å². The number of aryl methyl sites for hydroxylation is 1. The summed E-state index contributed by atoms with van der Waals surface area (Å²) in [7, 11) is 0. The molecule has 0 aliphatic carbocycles. The third-order valence-corrected chi connectivity index (χ3v) is 5.97. The number of nitrogens with one attached hydrogen (secondary N) is 2. The molecule has 0 radical (unpaired) electrons. The molecular formula is C27H30N4O2. The van der Waals surface area contributed by atoms with Crippen molar-refractivity contribution in [2.75, 3.05) is 18.4 Å². The average molecular weight is 443 g/mol. The SMILES string of the molecule is Cc1cccc(CN2CCCC(C(=O)Nc3ccccc3C(=O)NCc3cccnc3)C2)c1. The Bertz CT molecular complexity index is 1100. The van der Waals surface area contributed by atoms with Gasteiger partial charge in [0.2, 0.25) is 5.91 Å². The van der Waals surface area contributed by atoms with Crippen LogP contribution in [0.1, 0.15) is 39.9 Å². The summed E-state index contributed by atoms with van der Waals surface area (Å²) in [5.41, 5.74) is 4.44. The molecule has 170 valence electrons. The van der Waals surface area contributed by atoms with Crippen molar-refractivity contribution in [1.29, 1.82) is 0 Å². The van der Waals surface area contributed by atoms with Gasteiger partial charge in [-0.15, -0.1) is 0 Å². The highest BCUT2D eigenvalue weighted by Gasteiger charge is 2.26. The Balaban J connectivity index is 1.37. The molecule has 1 unspecified atom stereocenters. The largest absolute Gasteiger partial charge is 0.348 e. The number of hydrogen-bond donors (Lipinski definition) is 2. The fourth-order valence-corrected chi connectivity index (χ4v) is 4.29. The second-order valence-electron chi connectivity index (χ2n) is 8.64. The summed E-state index contributed by atoms with van der Waals surface area (Å²) in [4.78, 5) is 32.3. The van der Waals surface area contributed by atoms with Crippen molar-refractivity contribution in [3.63, 3.8) is 0 Å². The van der Waals surface area contributed by atoms with Gasteiger partial charge in [0.15, 0.2) is 0 Å². The maximum Gasteiger partial charge on any atom is 0.253 e. The van der Waals surface area contributed by atoms with Crippen molar-refractivity contribution in [1.82, 2.24) is 15.2 Å². The van der Waals surface area contributed by atoms with Gasteiger partial charge in [-0.2, -0.15) is 0 Å². The Morgan fingerprint density at radius 1 is 1.06 bits per heavy atom. The molecule has 33 heavy (non-hydrogen) atoms. The van der Waals surface area contributed by atoms with Crippen molar-refractivity contribution >= 4 is 17.5 Å². The quantitative estimate of drug-likeness (QED) is 0.576. The predicted octanol–water partition coefficient (Wildman–Crippen LogP) is 4.17. The summed E-state index contributed by atoms with van der Waals surface area (Å²) >= 11 is 0. The number of carbonyl (C=O) groups is 2. The first-order valence-corrected chi connectivity index (χ1v) is 11.4. The molecule has 2 amide bonds. The molecule has 0 bridgehead atoms. The number of nitrogens with zero attached hydrogens (tertiary/aromatic N) is 2. The number of aromatic nitrogens is 1. The first-order chi connectivity index (χ1) is 16.1. The van der Waals surface area contributed by atoms with E-state index >= 15 is 0 Å². The monoisotopic (exact) mass is 442 g/mol. The van der Waals surface area contributed by atoms with Crippen molar-refractivity contribution in [3.8, 4) is 0 Å². The van der Waals surface area contributed by atoms with Gasteiger partial charge < -0.3 is 10.6 Å². The third kappa shape index (κ3) is 6.26. The van der Waals surface area contributed by atoms with Gasteiger partial charge in [0.05, 0.1) is 17.2 Å². The van der Waals surface area contributed by atoms with E-state index in [1.165, 1.54) is 11.1 Å². The Hall–Kier alpha value is -3.51. The van der Waals surface area contributed by atoms with E-state index in [9.17, 15) is 9.59 Å². The zero-order valence-corrected chi connectivity index (χ0v) is 19.0. The number of rotatable bonds is 7. The molecular weight excluding hydrogens is 412 g/mol. The maximum atomic E-state index is 13.1. The van der Waals surface area contributed by atoms with Crippen LogP contribution in [0.25, 0.3) is 0 Å². The number of anilines is 1. The molecule has 0 spiro atoms. The second-order valence-corrected chi connectivity index (χ2v) is 8.64. The predicted molar refractivity (Wildman–Crippen MR) is 130 cm³/mol. The molecule has 1 aliphatic rings. The molecule has 1 aromatic heterocycles. The van der Waals surface area contributed by atoms with E-state index in [0.717, 1.165) is 38.0 Å². The van der Waals surface area contributed by atoms with Gasteiger partial charge >= 0.3 is 0 Å². The molecule has 2 heterocycles. The number of amides is 2. The summed E-state index contributed by atoms with van der Waals surface area (Å²) in [5, 5.41) is 5.92. The van der Waals surface area contributed by atoms with E-state index < -0.39 is 0 Å². The van der Waals surface area contributed by atoms with Crippen molar-refractivity contribution in [3.05, 3.63) is 95.3 Å². The van der Waals surface area contributed by atoms with Crippen LogP contribution in [0.3, 0.4) is 0 Å². The lowest BCUT2D eigenvalue weighted by Gasteiger charge is -2.32. The molecule has 0 saturated carbocycles. The first kappa shape index (κ1) is 22.7. The first-order valence-electron chi connectivity index (χ1n) is 11.4. The molecule has 1 atom stereocenters. The van der Waals surface area contributed by atoms with E-state index in [1.54, 1.807) is 30.6 Å². The third-order valence-electron chi connectivity index (χ3n) is 5.97. The summed E-state index contributed by atoms with van der Waals surface area (Å²) in [6, 6.07) is 19.4. The van der Waals surface area contributed by atoms with Gasteiger partial charge in [0.25, 0.3) is 5.91 Å². The highest BCUT2D eigenvalue weighted by molar-refractivity contribution is 6.04. The Morgan fingerprint density at radius 2 is 1.91 bits per heavy atom. The normalized spacial score (nSPS) is 16.2. The van der Waals surface area contributed by atoms with Crippen LogP contribution in [-0.2, 0) is 17.9 Å². The number of pyridine rings is 1. The van der Waals surface area contributed by atoms with Crippen molar-refractivity contribution < 1.29 is 9.59 Å². The second kappa shape index (κ2) is 10.9. The molecule has 2 aromatic carbocycles. The van der Waals surface area contributed by atoms with Crippen molar-refractivity contribution in [2.24, 2.45) is 5.92 Å². The fraction of sp³-hybridized carbons (Fsp3) is 0.296. The van der Waals surface area contributed by atoms with Crippen LogP contribution in [0.15, 0.2) is 73.1 Å². The summed E-state index contributed by atoms with van der Waals surface area (Å²) in [5.74, 6) is -0.356. The standard InChI is InChI=1S/C27H30N4O2/c1-20-7-4-8-21(15-20)18-31-14-6-10-23(19-31)26(32)30-25-12-3-2-11-24(25)27(33)29-17-22-9-5-13-28-16-22/h2-5,7-9,11-13,15-16,23H,6,10,14,17-19H2,1H3,(H,29,33)(H,30,32). The van der Waals surface area contributed by atoms with Gasteiger partial charge in [-0.05, 0) is 55.6 Å². The highest BCUT2D eigenvalue weighted by atomic mass is 16.2. The van der Waals surface area contributed by atoms with E-state index in [4.69, 9.17) is 0 Å². The van der Waals surface area contributed by atoms with Crippen LogP contribution in [0.2, 0.25) is 0 Å². The lowest BCUT2D eigenvalue weighted by molar-refractivity contribution is -0.121. The van der Waals surface area contributed by atoms with Crippen LogP contribution in [-0.4, -0.2) is 34.8 Å². The fourth-order valence-electron chi connectivity index (χ4n) is 4.29. The number of para-hydroxylation sites is 1. The molecule has 1 saturated heterocycles. The minimum Gasteiger partial charge on any atom is -0.348 e. The minimum atomic E-state index is -0.223. The van der Waals surface area contributed by atoms with Gasteiger partial charge in [-0.3, -0.25) is 19.5 Å². The number of benzene rings is 2. The van der Waals surface area contributed by atoms with Crippen LogP contribution >= 0.6 is 0 Å². The van der Waals surface area contributed by atoms with Gasteiger partial charge in [0, 0.05) is 32.0 Å². The Morgan fingerprint density at radius 3 is 2.73 bits per heavy atom. The lowest BCUT2D eigenvalue weighted by Crippen LogP contribution is -2.40. The molecule has 1 aliphatic heterocycles. The Kier molecular flexibility index (Phi) is 7.47. The van der Waals surface area contributed by atoms with E-state index in [-0.39, 0.29) is 17.7 Å². The molecule has 3 aromatic rings. The highest BCUT2D eigenvalue weighted by Crippen LogP contribution is 2.22. The van der Waals surface area contributed by atoms with Gasteiger partial charge in [-0.1, -0.05) is 48.0 Å². The van der Waals surface area contributed by atoms with Crippen LogP contribution < -0.4 is 10.6 Å². The van der Waals surface area contributed by atoms with Gasteiger partial charge in [-0.25, -0.2) is 0 Å². The molecule has 6 heteroatoms. The van der Waals surface area contributed by atoms with Gasteiger partial charge in [0.1, 0.15) is 0 Å². The molecule has 1 fully saturated rings. The lowest BCUT2D eigenvalue weighted by atomic mass is 9.96. The number of piperidine rings is 1.